The molecule has 1 amide bonds. The molecule has 0 spiro atoms. The quantitative estimate of drug-likeness (QED) is 0.847. The van der Waals surface area contributed by atoms with E-state index in [4.69, 9.17) is 5.11 Å². The summed E-state index contributed by atoms with van der Waals surface area (Å²) in [5, 5.41) is 8.74. The van der Waals surface area contributed by atoms with Crippen LogP contribution in [0.1, 0.15) is 31.2 Å². The van der Waals surface area contributed by atoms with E-state index in [0.29, 0.717) is 18.9 Å². The van der Waals surface area contributed by atoms with Gasteiger partial charge in [0.2, 0.25) is 5.91 Å². The Labute approximate surface area is 125 Å². The highest BCUT2D eigenvalue weighted by molar-refractivity contribution is 5.91. The molecule has 1 heterocycles. The molecule has 1 aromatic carbocycles. The van der Waals surface area contributed by atoms with Crippen LogP contribution in [0.2, 0.25) is 0 Å². The Hall–Kier alpha value is -2.10. The van der Waals surface area contributed by atoms with Gasteiger partial charge < -0.3 is 10.0 Å². The molecule has 1 aromatic rings. The molecule has 1 saturated heterocycles. The fourth-order valence-corrected chi connectivity index (χ4v) is 2.67. The Balaban J connectivity index is 1.87. The fourth-order valence-electron chi connectivity index (χ4n) is 2.67. The second-order valence-electron chi connectivity index (χ2n) is 5.47. The smallest absolute Gasteiger partial charge is 0.303 e. The van der Waals surface area contributed by atoms with Gasteiger partial charge in [-0.3, -0.25) is 9.59 Å². The van der Waals surface area contributed by atoms with Gasteiger partial charge in [-0.2, -0.15) is 0 Å². The zero-order valence-electron chi connectivity index (χ0n) is 12.1. The lowest BCUT2D eigenvalue weighted by molar-refractivity contribution is -0.137. The van der Waals surface area contributed by atoms with E-state index in [1.54, 1.807) is 6.08 Å². The van der Waals surface area contributed by atoms with Crippen molar-refractivity contribution < 1.29 is 14.7 Å². The lowest BCUT2D eigenvalue weighted by atomic mass is 9.93. The van der Waals surface area contributed by atoms with Crippen molar-refractivity contribution in [1.82, 2.24) is 4.90 Å². The average molecular weight is 287 g/mol. The van der Waals surface area contributed by atoms with Gasteiger partial charge in [-0.1, -0.05) is 30.3 Å². The molecule has 0 aliphatic carbocycles. The van der Waals surface area contributed by atoms with Crippen molar-refractivity contribution in [3.8, 4) is 0 Å². The number of carbonyl (C=O) groups is 2. The van der Waals surface area contributed by atoms with Gasteiger partial charge in [-0.15, -0.1) is 0 Å². The van der Waals surface area contributed by atoms with Crippen LogP contribution >= 0.6 is 0 Å². The summed E-state index contributed by atoms with van der Waals surface area (Å²) < 4.78 is 0. The molecule has 112 valence electrons. The first-order chi connectivity index (χ1) is 10.1. The van der Waals surface area contributed by atoms with Gasteiger partial charge >= 0.3 is 5.97 Å². The maximum Gasteiger partial charge on any atom is 0.303 e. The zero-order chi connectivity index (χ0) is 15.1. The molecule has 0 radical (unpaired) electrons. The van der Waals surface area contributed by atoms with E-state index < -0.39 is 5.97 Å². The van der Waals surface area contributed by atoms with E-state index in [0.717, 1.165) is 24.9 Å². The van der Waals surface area contributed by atoms with Gasteiger partial charge in [0.1, 0.15) is 0 Å². The summed E-state index contributed by atoms with van der Waals surface area (Å²) in [6.07, 6.45) is 6.24. The van der Waals surface area contributed by atoms with Gasteiger partial charge in [0.25, 0.3) is 0 Å². The number of nitrogens with zero attached hydrogens (tertiary/aromatic N) is 1. The highest BCUT2D eigenvalue weighted by Crippen LogP contribution is 2.21. The van der Waals surface area contributed by atoms with Crippen LogP contribution in [0.3, 0.4) is 0 Å². The minimum absolute atomic E-state index is 0.0129. The van der Waals surface area contributed by atoms with Crippen molar-refractivity contribution in [3.63, 3.8) is 0 Å². The highest BCUT2D eigenvalue weighted by Gasteiger charge is 2.22. The summed E-state index contributed by atoms with van der Waals surface area (Å²) in [6.45, 7) is 1.44. The molecule has 1 aliphatic rings. The van der Waals surface area contributed by atoms with Crippen molar-refractivity contribution in [3.05, 3.63) is 42.0 Å². The fraction of sp³-hybridized carbons (Fsp3) is 0.412. The topological polar surface area (TPSA) is 57.6 Å². The van der Waals surface area contributed by atoms with E-state index >= 15 is 0 Å². The summed E-state index contributed by atoms with van der Waals surface area (Å²) in [5.41, 5.74) is 1.00. The minimum Gasteiger partial charge on any atom is -0.481 e. The number of piperidine rings is 1. The SMILES string of the molecule is O=C(O)CC[C@@H]1CCCN(C(=O)/C=C\c2ccccc2)C1. The lowest BCUT2D eigenvalue weighted by Crippen LogP contribution is -2.39. The van der Waals surface area contributed by atoms with Gasteiger partial charge in [-0.05, 0) is 36.8 Å². The van der Waals surface area contributed by atoms with Crippen LogP contribution in [0.25, 0.3) is 6.08 Å². The van der Waals surface area contributed by atoms with Crippen LogP contribution < -0.4 is 0 Å². The maximum atomic E-state index is 12.2. The van der Waals surface area contributed by atoms with E-state index in [9.17, 15) is 9.59 Å². The number of amides is 1. The number of likely N-dealkylation sites (tertiary alicyclic amines) is 1. The molecule has 0 aromatic heterocycles. The molecule has 21 heavy (non-hydrogen) atoms. The summed E-state index contributed by atoms with van der Waals surface area (Å²) >= 11 is 0. The van der Waals surface area contributed by atoms with Crippen molar-refractivity contribution in [2.24, 2.45) is 5.92 Å². The van der Waals surface area contributed by atoms with Crippen LogP contribution in [0.5, 0.6) is 0 Å². The molecule has 2 rings (SSSR count). The molecular formula is C17H21NO3. The summed E-state index contributed by atoms with van der Waals surface area (Å²) in [6, 6.07) is 9.72. The number of hydrogen-bond donors (Lipinski definition) is 1. The number of benzene rings is 1. The first-order valence-electron chi connectivity index (χ1n) is 7.39. The zero-order valence-corrected chi connectivity index (χ0v) is 12.1. The number of hydrogen-bond acceptors (Lipinski definition) is 2. The first-order valence-corrected chi connectivity index (χ1v) is 7.39. The normalized spacial score (nSPS) is 18.9. The third kappa shape index (κ3) is 5.06. The Bertz CT molecular complexity index is 510. The van der Waals surface area contributed by atoms with Crippen LogP contribution in [0, 0.1) is 5.92 Å². The molecule has 1 aliphatic heterocycles. The number of carbonyl (C=O) groups excluding carboxylic acids is 1. The second-order valence-corrected chi connectivity index (χ2v) is 5.47. The largest absolute Gasteiger partial charge is 0.481 e. The van der Waals surface area contributed by atoms with Crippen LogP contribution in [0.15, 0.2) is 36.4 Å². The van der Waals surface area contributed by atoms with Crippen molar-refractivity contribution in [2.45, 2.75) is 25.7 Å². The Kier molecular flexibility index (Phi) is 5.55. The predicted octanol–water partition coefficient (Wildman–Crippen LogP) is 2.80. The summed E-state index contributed by atoms with van der Waals surface area (Å²) in [7, 11) is 0. The predicted molar refractivity (Wildman–Crippen MR) is 81.6 cm³/mol. The van der Waals surface area contributed by atoms with Gasteiger partial charge in [0.15, 0.2) is 0 Å². The highest BCUT2D eigenvalue weighted by atomic mass is 16.4. The molecule has 1 N–H and O–H groups in total. The monoisotopic (exact) mass is 287 g/mol. The average Bonchev–Trinajstić information content (AvgIpc) is 2.52. The van der Waals surface area contributed by atoms with Gasteiger partial charge in [0.05, 0.1) is 0 Å². The Morgan fingerprint density at radius 3 is 2.76 bits per heavy atom. The molecule has 4 heteroatoms. The third-order valence-corrected chi connectivity index (χ3v) is 3.82. The van der Waals surface area contributed by atoms with E-state index in [-0.39, 0.29) is 12.3 Å². The standard InChI is InChI=1S/C17H21NO3/c19-16(10-8-14-5-2-1-3-6-14)18-12-4-7-15(13-18)9-11-17(20)21/h1-3,5-6,8,10,15H,4,7,9,11-13H2,(H,20,21)/b10-8-/t15-/m0/s1. The number of aliphatic carboxylic acids is 1. The molecule has 0 saturated carbocycles. The second kappa shape index (κ2) is 7.62. The Morgan fingerprint density at radius 1 is 1.29 bits per heavy atom. The molecule has 0 bridgehead atoms. The summed E-state index contributed by atoms with van der Waals surface area (Å²) in [4.78, 5) is 24.6. The van der Waals surface area contributed by atoms with Crippen LogP contribution in [-0.2, 0) is 9.59 Å². The van der Waals surface area contributed by atoms with E-state index in [2.05, 4.69) is 0 Å². The molecule has 4 nitrogen and oxygen atoms in total. The number of carboxylic acid groups (broad SMARTS) is 1. The van der Waals surface area contributed by atoms with Gasteiger partial charge in [0, 0.05) is 25.6 Å². The van der Waals surface area contributed by atoms with Crippen LogP contribution in [0.4, 0.5) is 0 Å². The number of rotatable bonds is 5. The maximum absolute atomic E-state index is 12.2. The minimum atomic E-state index is -0.762. The van der Waals surface area contributed by atoms with Crippen molar-refractivity contribution in [1.29, 1.82) is 0 Å². The molecule has 1 atom stereocenters. The summed E-state index contributed by atoms with van der Waals surface area (Å²) in [5.74, 6) is -0.440. The molecule has 0 unspecified atom stereocenters. The van der Waals surface area contributed by atoms with Crippen molar-refractivity contribution in [2.75, 3.05) is 13.1 Å². The molecular weight excluding hydrogens is 266 g/mol. The van der Waals surface area contributed by atoms with E-state index in [1.807, 2.05) is 41.3 Å². The van der Waals surface area contributed by atoms with Crippen molar-refractivity contribution >= 4 is 18.0 Å². The Morgan fingerprint density at radius 2 is 2.05 bits per heavy atom. The van der Waals surface area contributed by atoms with E-state index in [1.165, 1.54) is 0 Å². The number of carboxylic acids is 1. The lowest BCUT2D eigenvalue weighted by Gasteiger charge is -2.32. The van der Waals surface area contributed by atoms with Gasteiger partial charge in [-0.25, -0.2) is 0 Å². The third-order valence-electron chi connectivity index (χ3n) is 3.82. The molecule has 1 fully saturated rings. The van der Waals surface area contributed by atoms with Crippen LogP contribution in [-0.4, -0.2) is 35.0 Å². The first kappa shape index (κ1) is 15.3.